The van der Waals surface area contributed by atoms with Gasteiger partial charge in [0.25, 0.3) is 0 Å². The summed E-state index contributed by atoms with van der Waals surface area (Å²) in [7, 11) is 0. The monoisotopic (exact) mass is 431 g/mol. The van der Waals surface area contributed by atoms with Gasteiger partial charge in [-0.3, -0.25) is 4.90 Å². The van der Waals surface area contributed by atoms with E-state index in [9.17, 15) is 0 Å². The molecule has 0 radical (unpaired) electrons. The van der Waals surface area contributed by atoms with Crippen LogP contribution in [-0.4, -0.2) is 63.2 Å². The number of nitrogens with one attached hydrogen (secondary N) is 2. The predicted octanol–water partition coefficient (Wildman–Crippen LogP) is 3.91. The van der Waals surface area contributed by atoms with Crippen LogP contribution in [-0.2, 0) is 6.42 Å². The molecule has 0 amide bonds. The molecule has 2 atom stereocenters. The van der Waals surface area contributed by atoms with Gasteiger partial charge < -0.3 is 20.3 Å². The molecule has 0 unspecified atom stereocenters. The van der Waals surface area contributed by atoms with E-state index in [2.05, 4.69) is 76.9 Å². The second-order valence-corrected chi connectivity index (χ2v) is 9.15. The van der Waals surface area contributed by atoms with Crippen molar-refractivity contribution in [3.8, 4) is 0 Å². The van der Waals surface area contributed by atoms with Crippen molar-refractivity contribution in [2.75, 3.05) is 31.6 Å². The zero-order chi connectivity index (χ0) is 22.2. The Morgan fingerprint density at radius 3 is 2.78 bits per heavy atom. The number of para-hydroxylation sites is 1. The van der Waals surface area contributed by atoms with Crippen molar-refractivity contribution < 1.29 is 5.11 Å². The maximum absolute atomic E-state index is 9.06. The number of likely N-dealkylation sites (tertiary alicyclic amines) is 1. The first-order valence-electron chi connectivity index (χ1n) is 11.7. The van der Waals surface area contributed by atoms with Gasteiger partial charge >= 0.3 is 0 Å². The molecule has 4 heterocycles. The van der Waals surface area contributed by atoms with E-state index in [0.29, 0.717) is 12.1 Å². The number of aliphatic hydroxyl groups excluding tert-OH is 1. The fourth-order valence-corrected chi connectivity index (χ4v) is 5.31. The Morgan fingerprint density at radius 2 is 2.06 bits per heavy atom. The molecule has 3 aromatic rings. The van der Waals surface area contributed by atoms with Crippen molar-refractivity contribution in [1.82, 2.24) is 19.8 Å². The summed E-state index contributed by atoms with van der Waals surface area (Å²) in [5.41, 5.74) is 6.22. The number of hydrogen-bond acceptors (Lipinski definition) is 5. The highest BCUT2D eigenvalue weighted by Gasteiger charge is 2.36. The molecule has 2 aromatic heterocycles. The third kappa shape index (κ3) is 3.67. The number of hydrogen-bond donors (Lipinski definition) is 3. The van der Waals surface area contributed by atoms with Crippen molar-refractivity contribution in [3.63, 3.8) is 0 Å². The van der Waals surface area contributed by atoms with Crippen molar-refractivity contribution >= 4 is 16.7 Å². The first-order chi connectivity index (χ1) is 15.6. The largest absolute Gasteiger partial charge is 0.395 e. The summed E-state index contributed by atoms with van der Waals surface area (Å²) in [6.07, 6.45) is 3.95. The normalized spacial score (nSPS) is 21.4. The summed E-state index contributed by atoms with van der Waals surface area (Å²) in [5, 5.41) is 13.9. The maximum atomic E-state index is 9.06. The molecule has 1 fully saturated rings. The van der Waals surface area contributed by atoms with Gasteiger partial charge in [-0.2, -0.15) is 0 Å². The molecule has 6 heteroatoms. The molecule has 0 bridgehead atoms. The topological polar surface area (TPSA) is 67.4 Å². The molecule has 1 saturated heterocycles. The quantitative estimate of drug-likeness (QED) is 0.529. The molecule has 6 nitrogen and oxygen atoms in total. The van der Waals surface area contributed by atoms with E-state index >= 15 is 0 Å². The highest BCUT2D eigenvalue weighted by atomic mass is 16.3. The molecule has 5 rings (SSSR count). The van der Waals surface area contributed by atoms with Crippen LogP contribution >= 0.6 is 0 Å². The molecular formula is C26H33N5O. The number of nitrogens with zero attached hydrogens (tertiary/aromatic N) is 3. The van der Waals surface area contributed by atoms with Gasteiger partial charge in [0.2, 0.25) is 0 Å². The molecule has 2 aliphatic rings. The van der Waals surface area contributed by atoms with Crippen LogP contribution in [0.2, 0.25) is 0 Å². The van der Waals surface area contributed by atoms with Crippen LogP contribution in [0.15, 0.2) is 54.9 Å². The number of β-amino-alcohol motifs (C(OH)–C–C–N with tert-alkyl or cyclic N) is 1. The van der Waals surface area contributed by atoms with Crippen LogP contribution in [0, 0.1) is 0 Å². The standard InChI is InChI=1S/C26H33N5O/c1-4-17(2)31-18(3)13-22-21-7-5-6-8-23(21)29-25(22)26(31)19-9-10-24(27-14-19)28-20-15-30(16-20)11-12-32/h5-10,14,18,20,26,29,32H,2,4,11-13,15-16H2,1,3H3,(H,27,28)/t18-,26-/m1/s1. The van der Waals surface area contributed by atoms with Crippen LogP contribution < -0.4 is 5.32 Å². The predicted molar refractivity (Wildman–Crippen MR) is 130 cm³/mol. The molecule has 3 N–H and O–H groups in total. The van der Waals surface area contributed by atoms with E-state index in [1.165, 1.54) is 27.7 Å². The van der Waals surface area contributed by atoms with Crippen molar-refractivity contribution in [2.24, 2.45) is 0 Å². The number of anilines is 1. The number of aromatic amines is 1. The molecular weight excluding hydrogens is 398 g/mol. The lowest BCUT2D eigenvalue weighted by Gasteiger charge is -2.43. The Morgan fingerprint density at radius 1 is 1.25 bits per heavy atom. The molecule has 32 heavy (non-hydrogen) atoms. The number of allylic oxidation sites excluding steroid dienone is 1. The van der Waals surface area contributed by atoms with E-state index in [1.807, 2.05) is 6.20 Å². The first kappa shape index (κ1) is 21.0. The fourth-order valence-electron chi connectivity index (χ4n) is 5.31. The van der Waals surface area contributed by atoms with Crippen molar-refractivity contribution in [3.05, 3.63) is 71.7 Å². The number of benzene rings is 1. The van der Waals surface area contributed by atoms with Gasteiger partial charge in [0.1, 0.15) is 5.82 Å². The Bertz CT molecular complexity index is 1100. The minimum atomic E-state index is 0.0823. The summed E-state index contributed by atoms with van der Waals surface area (Å²) in [4.78, 5) is 13.2. The van der Waals surface area contributed by atoms with E-state index in [0.717, 1.165) is 44.0 Å². The number of H-pyrrole nitrogens is 1. The van der Waals surface area contributed by atoms with Crippen LogP contribution in [0.25, 0.3) is 10.9 Å². The third-order valence-electron chi connectivity index (χ3n) is 6.97. The van der Waals surface area contributed by atoms with Gasteiger partial charge in [-0.1, -0.05) is 37.8 Å². The minimum Gasteiger partial charge on any atom is -0.395 e. The molecule has 1 aromatic carbocycles. The van der Waals surface area contributed by atoms with Gasteiger partial charge in [0.15, 0.2) is 0 Å². The summed E-state index contributed by atoms with van der Waals surface area (Å²) in [6, 6.07) is 13.7. The van der Waals surface area contributed by atoms with E-state index in [4.69, 9.17) is 10.1 Å². The summed E-state index contributed by atoms with van der Waals surface area (Å²) in [6.45, 7) is 11.7. The van der Waals surface area contributed by atoms with Crippen LogP contribution in [0.3, 0.4) is 0 Å². The number of pyridine rings is 1. The zero-order valence-corrected chi connectivity index (χ0v) is 19.0. The molecule has 0 aliphatic carbocycles. The smallest absolute Gasteiger partial charge is 0.126 e. The maximum Gasteiger partial charge on any atom is 0.126 e. The van der Waals surface area contributed by atoms with E-state index < -0.39 is 0 Å². The number of aliphatic hydroxyl groups is 1. The Hall–Kier alpha value is -2.83. The lowest BCUT2D eigenvalue weighted by molar-refractivity contribution is 0.125. The lowest BCUT2D eigenvalue weighted by Crippen LogP contribution is -2.55. The average molecular weight is 432 g/mol. The van der Waals surface area contributed by atoms with Crippen molar-refractivity contribution in [2.45, 2.75) is 44.8 Å². The van der Waals surface area contributed by atoms with Gasteiger partial charge in [-0.05, 0) is 43.0 Å². The van der Waals surface area contributed by atoms with E-state index in [-0.39, 0.29) is 12.6 Å². The number of fused-ring (bicyclic) bond motifs is 3. The van der Waals surface area contributed by atoms with Crippen LogP contribution in [0.4, 0.5) is 5.82 Å². The van der Waals surface area contributed by atoms with E-state index in [1.54, 1.807) is 0 Å². The highest BCUT2D eigenvalue weighted by Crippen LogP contribution is 2.42. The zero-order valence-electron chi connectivity index (χ0n) is 19.0. The van der Waals surface area contributed by atoms with Crippen LogP contribution in [0.1, 0.15) is 43.1 Å². The molecule has 0 spiro atoms. The Balaban J connectivity index is 1.45. The Kier molecular flexibility index (Phi) is 5.66. The number of rotatable bonds is 7. The third-order valence-corrected chi connectivity index (χ3v) is 6.97. The average Bonchev–Trinajstić information content (AvgIpc) is 3.15. The first-order valence-corrected chi connectivity index (χ1v) is 11.7. The highest BCUT2D eigenvalue weighted by molar-refractivity contribution is 5.85. The molecule has 2 aliphatic heterocycles. The van der Waals surface area contributed by atoms with Crippen molar-refractivity contribution in [1.29, 1.82) is 0 Å². The second kappa shape index (κ2) is 8.60. The number of aromatic nitrogens is 2. The SMILES string of the molecule is C=C(CC)N1[C@H](c2ccc(NC3CN(CCO)C3)nc2)c2[nH]c3ccccc3c2C[C@H]1C. The summed E-state index contributed by atoms with van der Waals surface area (Å²) in [5.74, 6) is 0.906. The Labute approximate surface area is 190 Å². The second-order valence-electron chi connectivity index (χ2n) is 9.15. The minimum absolute atomic E-state index is 0.0823. The lowest BCUT2D eigenvalue weighted by atomic mass is 9.88. The van der Waals surface area contributed by atoms with Gasteiger partial charge in [-0.15, -0.1) is 0 Å². The summed E-state index contributed by atoms with van der Waals surface area (Å²) < 4.78 is 0. The fraction of sp³-hybridized carbons (Fsp3) is 0.423. The molecule has 168 valence electrons. The van der Waals surface area contributed by atoms with Gasteiger partial charge in [-0.25, -0.2) is 4.98 Å². The van der Waals surface area contributed by atoms with Crippen LogP contribution in [0.5, 0.6) is 0 Å². The van der Waals surface area contributed by atoms with Gasteiger partial charge in [0, 0.05) is 54.2 Å². The summed E-state index contributed by atoms with van der Waals surface area (Å²) >= 11 is 0. The molecule has 0 saturated carbocycles. The van der Waals surface area contributed by atoms with Gasteiger partial charge in [0.05, 0.1) is 18.7 Å².